The van der Waals surface area contributed by atoms with Gasteiger partial charge in [0.15, 0.2) is 11.3 Å². The number of hydrogen-bond donors (Lipinski definition) is 0. The van der Waals surface area contributed by atoms with Gasteiger partial charge in [-0.25, -0.2) is 9.97 Å². The van der Waals surface area contributed by atoms with Crippen molar-refractivity contribution in [3.8, 4) is 0 Å². The van der Waals surface area contributed by atoms with Gasteiger partial charge in [-0.3, -0.25) is 19.0 Å². The Morgan fingerprint density at radius 3 is 2.47 bits per heavy atom. The molecule has 0 aliphatic carbocycles. The zero-order valence-corrected chi connectivity index (χ0v) is 18.3. The van der Waals surface area contributed by atoms with Crippen LogP contribution in [0.15, 0.2) is 47.4 Å². The van der Waals surface area contributed by atoms with E-state index in [1.54, 1.807) is 52.4 Å². The van der Waals surface area contributed by atoms with E-state index in [0.29, 0.717) is 54.5 Å². The normalized spacial score (nSPS) is 14.1. The first-order chi connectivity index (χ1) is 15.5. The SMILES string of the molecule is COCCn1c(=O)c(C(=O)N2CCN(C(=O)c3cccc(Cl)c3)CC2)nc2cccnc21. The zero-order valence-electron chi connectivity index (χ0n) is 17.5. The van der Waals surface area contributed by atoms with Gasteiger partial charge < -0.3 is 14.5 Å². The number of fused-ring (bicyclic) bond motifs is 1. The molecule has 0 atom stereocenters. The van der Waals surface area contributed by atoms with Crippen LogP contribution >= 0.6 is 11.6 Å². The van der Waals surface area contributed by atoms with Crippen LogP contribution in [0.5, 0.6) is 0 Å². The molecule has 1 saturated heterocycles. The van der Waals surface area contributed by atoms with Gasteiger partial charge >= 0.3 is 0 Å². The van der Waals surface area contributed by atoms with Crippen molar-refractivity contribution in [2.75, 3.05) is 39.9 Å². The van der Waals surface area contributed by atoms with Crippen molar-refractivity contribution in [1.82, 2.24) is 24.3 Å². The quantitative estimate of drug-likeness (QED) is 0.580. The third-order valence-corrected chi connectivity index (χ3v) is 5.58. The molecule has 1 aromatic carbocycles. The van der Waals surface area contributed by atoms with E-state index in [2.05, 4.69) is 9.97 Å². The van der Waals surface area contributed by atoms with Crippen LogP contribution in [-0.2, 0) is 11.3 Å². The van der Waals surface area contributed by atoms with E-state index in [0.717, 1.165) is 0 Å². The Hall–Kier alpha value is -3.30. The van der Waals surface area contributed by atoms with E-state index in [9.17, 15) is 14.4 Å². The number of carbonyl (C=O) groups excluding carboxylic acids is 2. The summed E-state index contributed by atoms with van der Waals surface area (Å²) in [5, 5.41) is 0.492. The van der Waals surface area contributed by atoms with E-state index >= 15 is 0 Å². The molecule has 2 aromatic heterocycles. The molecule has 0 bridgehead atoms. The number of ether oxygens (including phenoxy) is 1. The minimum Gasteiger partial charge on any atom is -0.383 e. The molecule has 2 amide bonds. The number of nitrogens with zero attached hydrogens (tertiary/aromatic N) is 5. The van der Waals surface area contributed by atoms with Gasteiger partial charge in [-0.2, -0.15) is 0 Å². The molecule has 166 valence electrons. The molecule has 0 N–H and O–H groups in total. The predicted octanol–water partition coefficient (Wildman–Crippen LogP) is 1.69. The summed E-state index contributed by atoms with van der Waals surface area (Å²) in [4.78, 5) is 50.7. The molecule has 0 unspecified atom stereocenters. The minimum atomic E-state index is -0.504. The van der Waals surface area contributed by atoms with E-state index in [1.807, 2.05) is 0 Å². The number of carbonyl (C=O) groups is 2. The number of piperazine rings is 1. The van der Waals surface area contributed by atoms with Crippen molar-refractivity contribution < 1.29 is 14.3 Å². The summed E-state index contributed by atoms with van der Waals surface area (Å²) in [5.41, 5.74) is 0.707. The smallest absolute Gasteiger partial charge is 0.283 e. The number of methoxy groups -OCH3 is 1. The van der Waals surface area contributed by atoms with Gasteiger partial charge in [0.1, 0.15) is 5.52 Å². The Bertz CT molecular complexity index is 1220. The fourth-order valence-corrected chi connectivity index (χ4v) is 3.86. The Labute approximate surface area is 189 Å². The summed E-state index contributed by atoms with van der Waals surface area (Å²) in [7, 11) is 1.54. The summed E-state index contributed by atoms with van der Waals surface area (Å²) in [6.45, 7) is 1.86. The van der Waals surface area contributed by atoms with Gasteiger partial charge in [0, 0.05) is 50.1 Å². The lowest BCUT2D eigenvalue weighted by Gasteiger charge is -2.34. The lowest BCUT2D eigenvalue weighted by Crippen LogP contribution is -2.51. The molecule has 0 spiro atoms. The first-order valence-corrected chi connectivity index (χ1v) is 10.6. The highest BCUT2D eigenvalue weighted by molar-refractivity contribution is 6.30. The minimum absolute atomic E-state index is 0.142. The van der Waals surface area contributed by atoms with Gasteiger partial charge in [-0.1, -0.05) is 17.7 Å². The molecule has 1 aliphatic rings. The average Bonchev–Trinajstić information content (AvgIpc) is 2.82. The van der Waals surface area contributed by atoms with Crippen LogP contribution in [0.4, 0.5) is 0 Å². The molecule has 0 saturated carbocycles. The second-order valence-electron chi connectivity index (χ2n) is 7.35. The molecule has 3 heterocycles. The molecule has 4 rings (SSSR count). The largest absolute Gasteiger partial charge is 0.383 e. The number of amides is 2. The second-order valence-corrected chi connectivity index (χ2v) is 7.79. The predicted molar refractivity (Wildman–Crippen MR) is 119 cm³/mol. The van der Waals surface area contributed by atoms with Crippen molar-refractivity contribution in [2.45, 2.75) is 6.54 Å². The Morgan fingerprint density at radius 2 is 1.78 bits per heavy atom. The lowest BCUT2D eigenvalue weighted by molar-refractivity contribution is 0.0531. The molecule has 0 radical (unpaired) electrons. The zero-order chi connectivity index (χ0) is 22.7. The maximum Gasteiger partial charge on any atom is 0.283 e. The number of pyridine rings is 1. The van der Waals surface area contributed by atoms with Crippen LogP contribution in [0.2, 0.25) is 5.02 Å². The van der Waals surface area contributed by atoms with Crippen LogP contribution < -0.4 is 5.56 Å². The summed E-state index contributed by atoms with van der Waals surface area (Å²) in [5.74, 6) is -0.599. The van der Waals surface area contributed by atoms with Crippen molar-refractivity contribution in [1.29, 1.82) is 0 Å². The Kier molecular flexibility index (Phi) is 6.48. The summed E-state index contributed by atoms with van der Waals surface area (Å²) in [6.07, 6.45) is 1.57. The van der Waals surface area contributed by atoms with E-state index in [-0.39, 0.29) is 18.1 Å². The van der Waals surface area contributed by atoms with E-state index in [1.165, 1.54) is 11.7 Å². The summed E-state index contributed by atoms with van der Waals surface area (Å²) < 4.78 is 6.51. The second kappa shape index (κ2) is 9.46. The molecule has 32 heavy (non-hydrogen) atoms. The Morgan fingerprint density at radius 1 is 1.06 bits per heavy atom. The topological polar surface area (TPSA) is 97.6 Å². The van der Waals surface area contributed by atoms with Crippen LogP contribution in [0.1, 0.15) is 20.8 Å². The van der Waals surface area contributed by atoms with Crippen molar-refractivity contribution in [3.05, 3.63) is 69.2 Å². The number of rotatable bonds is 5. The lowest BCUT2D eigenvalue weighted by atomic mass is 10.1. The summed E-state index contributed by atoms with van der Waals surface area (Å²) >= 11 is 5.99. The number of benzene rings is 1. The standard InChI is InChI=1S/C22H22ClN5O4/c1-32-13-12-28-19-17(6-3-7-24-19)25-18(22(28)31)21(30)27-10-8-26(9-11-27)20(29)15-4-2-5-16(23)14-15/h2-7,14H,8-13H2,1H3. The monoisotopic (exact) mass is 455 g/mol. The molecule has 1 aliphatic heterocycles. The molecule has 9 nitrogen and oxygen atoms in total. The van der Waals surface area contributed by atoms with Gasteiger partial charge in [-0.05, 0) is 30.3 Å². The van der Waals surface area contributed by atoms with Crippen LogP contribution in [0.3, 0.4) is 0 Å². The molecule has 1 fully saturated rings. The summed E-state index contributed by atoms with van der Waals surface area (Å²) in [6, 6.07) is 10.2. The first kappa shape index (κ1) is 21.9. The van der Waals surface area contributed by atoms with E-state index in [4.69, 9.17) is 16.3 Å². The molecule has 3 aromatic rings. The number of halogens is 1. The highest BCUT2D eigenvalue weighted by Crippen LogP contribution is 2.15. The number of aromatic nitrogens is 3. The van der Waals surface area contributed by atoms with Gasteiger partial charge in [-0.15, -0.1) is 0 Å². The average molecular weight is 456 g/mol. The fourth-order valence-electron chi connectivity index (χ4n) is 3.67. The van der Waals surface area contributed by atoms with Crippen LogP contribution in [-0.4, -0.2) is 76.0 Å². The van der Waals surface area contributed by atoms with Crippen molar-refractivity contribution in [3.63, 3.8) is 0 Å². The van der Waals surface area contributed by atoms with Crippen molar-refractivity contribution >= 4 is 34.6 Å². The molecular formula is C22H22ClN5O4. The van der Waals surface area contributed by atoms with Gasteiger partial charge in [0.2, 0.25) is 0 Å². The first-order valence-electron chi connectivity index (χ1n) is 10.2. The van der Waals surface area contributed by atoms with Crippen LogP contribution in [0, 0.1) is 0 Å². The van der Waals surface area contributed by atoms with E-state index < -0.39 is 11.5 Å². The fraction of sp³-hybridized carbons (Fsp3) is 0.318. The molecule has 10 heteroatoms. The highest BCUT2D eigenvalue weighted by atomic mass is 35.5. The number of hydrogen-bond acceptors (Lipinski definition) is 6. The third-order valence-electron chi connectivity index (χ3n) is 5.35. The maximum atomic E-state index is 13.2. The van der Waals surface area contributed by atoms with Crippen LogP contribution in [0.25, 0.3) is 11.2 Å². The van der Waals surface area contributed by atoms with Gasteiger partial charge in [0.05, 0.1) is 13.2 Å². The highest BCUT2D eigenvalue weighted by Gasteiger charge is 2.28. The van der Waals surface area contributed by atoms with Gasteiger partial charge in [0.25, 0.3) is 17.4 Å². The molecular weight excluding hydrogens is 434 g/mol. The maximum absolute atomic E-state index is 13.2. The Balaban J connectivity index is 1.54. The van der Waals surface area contributed by atoms with Crippen molar-refractivity contribution in [2.24, 2.45) is 0 Å². The third kappa shape index (κ3) is 4.35.